The van der Waals surface area contributed by atoms with E-state index in [9.17, 15) is 32.7 Å². The first-order valence-corrected chi connectivity index (χ1v) is 11.8. The molecule has 0 aliphatic carbocycles. The molecule has 2 aliphatic heterocycles. The minimum absolute atomic E-state index is 0.0449. The Morgan fingerprint density at radius 2 is 1.87 bits per heavy atom. The second kappa shape index (κ2) is 11.4. The predicted molar refractivity (Wildman–Crippen MR) is 132 cm³/mol. The fourth-order valence-electron chi connectivity index (χ4n) is 4.33. The molecule has 2 heterocycles. The molecule has 2 aliphatic rings. The van der Waals surface area contributed by atoms with Crippen LogP contribution in [-0.2, 0) is 36.6 Å². The third-order valence-electron chi connectivity index (χ3n) is 6.21. The Hall–Kier alpha value is -4.03. The molecule has 0 unspecified atom stereocenters. The Morgan fingerprint density at radius 1 is 1.18 bits per heavy atom. The topological polar surface area (TPSA) is 139 Å². The number of nitrogens with zero attached hydrogens (tertiary/aromatic N) is 3. The number of halogens is 3. The number of carbonyl (C=O) groups excluding carboxylic acids is 3. The van der Waals surface area contributed by atoms with Crippen LogP contribution >= 0.6 is 0 Å². The Bertz CT molecular complexity index is 1330. The molecule has 2 fully saturated rings. The Morgan fingerprint density at radius 3 is 2.51 bits per heavy atom. The van der Waals surface area contributed by atoms with E-state index in [2.05, 4.69) is 10.2 Å². The van der Waals surface area contributed by atoms with Gasteiger partial charge < -0.3 is 35.4 Å². The molecule has 0 saturated carbocycles. The van der Waals surface area contributed by atoms with E-state index in [-0.39, 0.29) is 36.9 Å². The quantitative estimate of drug-likeness (QED) is 0.469. The number of rotatable bonds is 6. The van der Waals surface area contributed by atoms with E-state index in [4.69, 9.17) is 21.8 Å². The van der Waals surface area contributed by atoms with Crippen molar-refractivity contribution < 1.29 is 42.1 Å². The molecule has 4 N–H and O–H groups in total. The number of benzene rings is 2. The minimum Gasteiger partial charge on any atom is -0.380 e. The van der Waals surface area contributed by atoms with Crippen molar-refractivity contribution in [3.63, 3.8) is 0 Å². The number of aliphatic hydroxyl groups excluding tert-OH is 1. The Kier molecular flexibility index (Phi) is 8.17. The number of morpholine rings is 2. The molecule has 2 aromatic rings. The molecule has 2 atom stereocenters. The van der Waals surface area contributed by atoms with E-state index in [0.717, 1.165) is 6.07 Å². The van der Waals surface area contributed by atoms with Crippen LogP contribution in [0.3, 0.4) is 0 Å². The van der Waals surface area contributed by atoms with Gasteiger partial charge in [0.05, 0.1) is 25.3 Å². The number of anilines is 3. The lowest BCUT2D eigenvalue weighted by molar-refractivity contribution is -0.150. The molecule has 14 heteroatoms. The van der Waals surface area contributed by atoms with Gasteiger partial charge in [-0.2, -0.15) is 13.2 Å². The van der Waals surface area contributed by atoms with Crippen molar-refractivity contribution in [3.8, 4) is 0 Å². The van der Waals surface area contributed by atoms with Crippen molar-refractivity contribution in [2.75, 3.05) is 48.0 Å². The van der Waals surface area contributed by atoms with Gasteiger partial charge in [0, 0.05) is 36.7 Å². The zero-order valence-corrected chi connectivity index (χ0v) is 20.4. The van der Waals surface area contributed by atoms with Gasteiger partial charge in [-0.15, -0.1) is 0 Å². The highest BCUT2D eigenvalue weighted by Gasteiger charge is 2.40. The highest BCUT2D eigenvalue weighted by atomic mass is 19.4. The van der Waals surface area contributed by atoms with Gasteiger partial charge in [0.25, 0.3) is 17.7 Å². The number of hydrogen-bond acceptors (Lipinski definition) is 7. The number of alkyl halides is 3. The summed E-state index contributed by atoms with van der Waals surface area (Å²) in [5.41, 5.74) is 3.94. The van der Waals surface area contributed by atoms with Crippen LogP contribution in [0.5, 0.6) is 0 Å². The van der Waals surface area contributed by atoms with Gasteiger partial charge in [0.15, 0.2) is 12.2 Å². The highest BCUT2D eigenvalue weighted by molar-refractivity contribution is 6.04. The summed E-state index contributed by atoms with van der Waals surface area (Å²) in [4.78, 5) is 43.9. The summed E-state index contributed by atoms with van der Waals surface area (Å²) in [7, 11) is 0. The Balaban J connectivity index is 1.53. The minimum atomic E-state index is -4.90. The number of hydrogen-bond donors (Lipinski definition) is 3. The van der Waals surface area contributed by atoms with Crippen LogP contribution in [0.1, 0.15) is 11.1 Å². The second-order valence-electron chi connectivity index (χ2n) is 8.68. The Labute approximate surface area is 220 Å². The highest BCUT2D eigenvalue weighted by Crippen LogP contribution is 2.40. The number of aliphatic hydroxyl groups is 1. The maximum absolute atomic E-state index is 13.5. The first kappa shape index (κ1) is 28.0. The van der Waals surface area contributed by atoms with Crippen LogP contribution in [0.25, 0.3) is 4.85 Å². The summed E-state index contributed by atoms with van der Waals surface area (Å²) >= 11 is 0. The molecule has 206 valence electrons. The first-order chi connectivity index (χ1) is 18.5. The summed E-state index contributed by atoms with van der Waals surface area (Å²) in [6.45, 7) is 7.34. The van der Waals surface area contributed by atoms with Crippen molar-refractivity contribution in [3.05, 3.63) is 58.9 Å². The molecule has 0 bridgehead atoms. The third-order valence-corrected chi connectivity index (χ3v) is 6.21. The number of amides is 3. The van der Waals surface area contributed by atoms with Crippen molar-refractivity contribution in [1.82, 2.24) is 0 Å². The van der Waals surface area contributed by atoms with Crippen molar-refractivity contribution in [1.29, 1.82) is 0 Å². The first-order valence-electron chi connectivity index (χ1n) is 11.8. The summed E-state index contributed by atoms with van der Waals surface area (Å²) in [6, 6.07) is 8.23. The van der Waals surface area contributed by atoms with Gasteiger partial charge in [-0.05, 0) is 35.9 Å². The normalized spacial score (nSPS) is 19.0. The van der Waals surface area contributed by atoms with Crippen molar-refractivity contribution in [2.24, 2.45) is 5.73 Å². The lowest BCUT2D eigenvalue weighted by Gasteiger charge is -2.35. The molecule has 2 aromatic carbocycles. The molecule has 39 heavy (non-hydrogen) atoms. The van der Waals surface area contributed by atoms with Crippen LogP contribution < -0.4 is 20.9 Å². The molecule has 0 radical (unpaired) electrons. The van der Waals surface area contributed by atoms with Gasteiger partial charge in [-0.3, -0.25) is 14.4 Å². The van der Waals surface area contributed by atoms with Gasteiger partial charge in [-0.1, -0.05) is 6.07 Å². The SMILES string of the molecule is [C-]#[N+]c1c(CN)cc(NC(=O)[C@H](O)[C@H]2OCCN(c3cccc(N4CCOCC4=O)c3)C2=O)cc1C(F)(F)F. The smallest absolute Gasteiger partial charge is 0.380 e. The van der Waals surface area contributed by atoms with Crippen molar-refractivity contribution in [2.45, 2.75) is 24.9 Å². The molecule has 3 amide bonds. The summed E-state index contributed by atoms with van der Waals surface area (Å²) in [5, 5.41) is 12.8. The lowest BCUT2D eigenvalue weighted by Crippen LogP contribution is -2.55. The average molecular weight is 547 g/mol. The average Bonchev–Trinajstić information content (AvgIpc) is 2.92. The van der Waals surface area contributed by atoms with E-state index in [0.29, 0.717) is 30.6 Å². The summed E-state index contributed by atoms with van der Waals surface area (Å²) in [5.74, 6) is -2.18. The number of carbonyl (C=O) groups is 3. The maximum Gasteiger partial charge on any atom is 0.407 e. The van der Waals surface area contributed by atoms with E-state index < -0.39 is 48.0 Å². The second-order valence-corrected chi connectivity index (χ2v) is 8.68. The van der Waals surface area contributed by atoms with Gasteiger partial charge in [-0.25, -0.2) is 4.85 Å². The maximum atomic E-state index is 13.5. The third kappa shape index (κ3) is 5.86. The lowest BCUT2D eigenvalue weighted by atomic mass is 10.0. The molecular weight excluding hydrogens is 523 g/mol. The molecule has 4 rings (SSSR count). The van der Waals surface area contributed by atoms with Crippen LogP contribution in [0, 0.1) is 6.57 Å². The molecule has 2 saturated heterocycles. The van der Waals surface area contributed by atoms with Crippen LogP contribution in [0.4, 0.5) is 35.9 Å². The zero-order chi connectivity index (χ0) is 28.3. The van der Waals surface area contributed by atoms with Crippen LogP contribution in [0.2, 0.25) is 0 Å². The molecular formula is C25H24F3N5O6. The van der Waals surface area contributed by atoms with E-state index in [1.807, 2.05) is 0 Å². The van der Waals surface area contributed by atoms with Crippen LogP contribution in [0.15, 0.2) is 36.4 Å². The predicted octanol–water partition coefficient (Wildman–Crippen LogP) is 1.81. The van der Waals surface area contributed by atoms with Gasteiger partial charge >= 0.3 is 6.18 Å². The fraction of sp³-hybridized carbons (Fsp3) is 0.360. The number of nitrogens with one attached hydrogen (secondary N) is 1. The number of nitrogens with two attached hydrogens (primary N) is 1. The van der Waals surface area contributed by atoms with E-state index in [1.165, 1.54) is 9.80 Å². The molecule has 0 spiro atoms. The van der Waals surface area contributed by atoms with E-state index >= 15 is 0 Å². The van der Waals surface area contributed by atoms with E-state index in [1.54, 1.807) is 24.3 Å². The zero-order valence-electron chi connectivity index (χ0n) is 20.4. The fourth-order valence-corrected chi connectivity index (χ4v) is 4.33. The largest absolute Gasteiger partial charge is 0.407 e. The van der Waals surface area contributed by atoms with Crippen molar-refractivity contribution >= 4 is 40.5 Å². The molecule has 0 aromatic heterocycles. The van der Waals surface area contributed by atoms with Crippen LogP contribution in [-0.4, -0.2) is 67.9 Å². The van der Waals surface area contributed by atoms with Gasteiger partial charge in [0.1, 0.15) is 6.61 Å². The number of ether oxygens (including phenoxy) is 2. The summed E-state index contributed by atoms with van der Waals surface area (Å²) in [6.07, 6.45) is -8.61. The summed E-state index contributed by atoms with van der Waals surface area (Å²) < 4.78 is 51.0. The monoisotopic (exact) mass is 547 g/mol. The van der Waals surface area contributed by atoms with Gasteiger partial charge in [0.2, 0.25) is 5.69 Å². The standard InChI is InChI=1S/C25H24F3N5O6/c1-30-20-14(12-29)9-15(10-18(20)25(26,27)28)31-23(36)21(35)22-24(37)33(6-8-39-22)17-4-2-3-16(11-17)32-5-7-38-13-19(32)34/h2-4,9-11,21-22,35H,5-8,12-13,29H2,(H,31,36)/t21-,22-/m1/s1. The molecule has 11 nitrogen and oxygen atoms in total.